The molecule has 1 N–H and O–H groups in total. The number of hydrogen-bond donors (Lipinski definition) is 1. The molecule has 0 aliphatic rings. The number of benzene rings is 3. The van der Waals surface area contributed by atoms with Crippen LogP contribution in [-0.4, -0.2) is 18.6 Å². The molecule has 0 bridgehead atoms. The summed E-state index contributed by atoms with van der Waals surface area (Å²) in [4.78, 5) is 4.58. The summed E-state index contributed by atoms with van der Waals surface area (Å²) in [6.07, 6.45) is 0. The van der Waals surface area contributed by atoms with Gasteiger partial charge in [-0.15, -0.1) is 0 Å². The van der Waals surface area contributed by atoms with E-state index < -0.39 is 16.1 Å². The zero-order valence-electron chi connectivity index (χ0n) is 16.0. The molecule has 0 fully saturated rings. The third kappa shape index (κ3) is 4.22. The maximum absolute atomic E-state index is 13.0. The van der Waals surface area contributed by atoms with Crippen molar-refractivity contribution in [2.24, 2.45) is 0 Å². The first-order valence-electron chi connectivity index (χ1n) is 9.25. The van der Waals surface area contributed by atoms with E-state index in [1.165, 1.54) is 12.1 Å². The maximum Gasteiger partial charge on any atom is 0.255 e. The minimum absolute atomic E-state index is 0.161. The first kappa shape index (κ1) is 19.8. The first-order chi connectivity index (χ1) is 14.5. The fourth-order valence-electron chi connectivity index (χ4n) is 2.99. The molecule has 0 saturated carbocycles. The Hall–Kier alpha value is -3.55. The third-order valence-corrected chi connectivity index (χ3v) is 5.98. The van der Waals surface area contributed by atoms with Gasteiger partial charge in [0, 0.05) is 11.1 Å². The van der Waals surface area contributed by atoms with E-state index in [-0.39, 0.29) is 10.8 Å². The van der Waals surface area contributed by atoms with Crippen molar-refractivity contribution in [2.45, 2.75) is 10.9 Å². The Bertz CT molecular complexity index is 1240. The highest BCUT2D eigenvalue weighted by molar-refractivity contribution is 7.89. The lowest BCUT2D eigenvalue weighted by molar-refractivity contribution is 0.405. The molecule has 7 heteroatoms. The summed E-state index contributed by atoms with van der Waals surface area (Å²) in [5.41, 5.74) is 1.86. The molecule has 1 aromatic heterocycles. The molecule has 4 rings (SSSR count). The van der Waals surface area contributed by atoms with Crippen molar-refractivity contribution in [3.63, 3.8) is 0 Å². The molecule has 30 heavy (non-hydrogen) atoms. The fraction of sp³-hybridized carbons (Fsp3) is 0.0435. The van der Waals surface area contributed by atoms with Gasteiger partial charge in [0.25, 0.3) is 5.89 Å². The molecule has 6 nitrogen and oxygen atoms in total. The second kappa shape index (κ2) is 8.44. The second-order valence-corrected chi connectivity index (χ2v) is 8.31. The number of nitrogens with one attached hydrogen (secondary N) is 1. The number of nitrogens with zero attached hydrogens (tertiary/aromatic N) is 2. The van der Waals surface area contributed by atoms with Gasteiger partial charge in [0.2, 0.25) is 15.8 Å². The summed E-state index contributed by atoms with van der Waals surface area (Å²) in [6, 6.07) is 25.9. The lowest BCUT2D eigenvalue weighted by Gasteiger charge is -2.19. The van der Waals surface area contributed by atoms with E-state index in [0.29, 0.717) is 17.0 Å². The van der Waals surface area contributed by atoms with Crippen LogP contribution in [0.25, 0.3) is 17.0 Å². The molecular formula is C23H19N3O3S. The molecule has 0 radical (unpaired) electrons. The quantitative estimate of drug-likeness (QED) is 0.480. The minimum atomic E-state index is -3.81. The molecule has 1 atom stereocenters. The van der Waals surface area contributed by atoms with Gasteiger partial charge < -0.3 is 4.52 Å². The summed E-state index contributed by atoms with van der Waals surface area (Å²) in [7, 11) is -3.81. The largest absolute Gasteiger partial charge is 0.334 e. The zero-order chi connectivity index (χ0) is 21.0. The molecule has 3 aromatic carbocycles. The van der Waals surface area contributed by atoms with Crippen LogP contribution in [0.4, 0.5) is 0 Å². The van der Waals surface area contributed by atoms with Gasteiger partial charge in [0.15, 0.2) is 0 Å². The monoisotopic (exact) mass is 417 g/mol. The van der Waals surface area contributed by atoms with Gasteiger partial charge in [-0.25, -0.2) is 8.42 Å². The Morgan fingerprint density at radius 2 is 1.43 bits per heavy atom. The van der Waals surface area contributed by atoms with Crippen LogP contribution in [0, 0.1) is 0 Å². The standard InChI is InChI=1S/C23H19N3O3S/c1-17(23-24-22(25-29-23)19-13-7-3-8-14-19)21(18-11-5-2-6-12-18)26-30(27,28)20-15-9-4-10-16-20/h2-16,21,26H,1H2/t21-/m1/s1. The molecule has 1 heterocycles. The van der Waals surface area contributed by atoms with E-state index in [9.17, 15) is 8.42 Å². The number of aromatic nitrogens is 2. The van der Waals surface area contributed by atoms with E-state index >= 15 is 0 Å². The van der Waals surface area contributed by atoms with Crippen molar-refractivity contribution in [1.82, 2.24) is 14.9 Å². The number of rotatable bonds is 7. The van der Waals surface area contributed by atoms with Gasteiger partial charge in [0.1, 0.15) is 0 Å². The van der Waals surface area contributed by atoms with Crippen LogP contribution in [-0.2, 0) is 10.0 Å². The van der Waals surface area contributed by atoms with Crippen molar-refractivity contribution in [1.29, 1.82) is 0 Å². The zero-order valence-corrected chi connectivity index (χ0v) is 16.8. The average Bonchev–Trinajstić information content (AvgIpc) is 3.29. The van der Waals surface area contributed by atoms with Gasteiger partial charge in [-0.3, -0.25) is 0 Å². The summed E-state index contributed by atoms with van der Waals surface area (Å²) in [5.74, 6) is 0.572. The maximum atomic E-state index is 13.0. The smallest absolute Gasteiger partial charge is 0.255 e. The van der Waals surface area contributed by atoms with E-state index in [1.54, 1.807) is 18.2 Å². The van der Waals surface area contributed by atoms with E-state index in [4.69, 9.17) is 4.52 Å². The Balaban J connectivity index is 1.69. The van der Waals surface area contributed by atoms with Crippen LogP contribution < -0.4 is 4.72 Å². The van der Waals surface area contributed by atoms with Gasteiger partial charge in [-0.1, -0.05) is 90.6 Å². The Labute approximate surface area is 175 Å². The SMILES string of the molecule is C=C(c1nc(-c2ccccc2)no1)[C@@H](NS(=O)(=O)c1ccccc1)c1ccccc1. The Kier molecular flexibility index (Phi) is 5.56. The van der Waals surface area contributed by atoms with Crippen molar-refractivity contribution < 1.29 is 12.9 Å². The van der Waals surface area contributed by atoms with E-state index in [2.05, 4.69) is 21.4 Å². The van der Waals surface area contributed by atoms with Crippen LogP contribution in [0.3, 0.4) is 0 Å². The molecular weight excluding hydrogens is 398 g/mol. The molecule has 0 saturated heterocycles. The summed E-state index contributed by atoms with van der Waals surface area (Å²) < 4.78 is 34.0. The number of hydrogen-bond acceptors (Lipinski definition) is 5. The molecule has 150 valence electrons. The predicted octanol–water partition coefficient (Wildman–Crippen LogP) is 4.47. The van der Waals surface area contributed by atoms with Gasteiger partial charge >= 0.3 is 0 Å². The highest BCUT2D eigenvalue weighted by atomic mass is 32.2. The summed E-state index contributed by atoms with van der Waals surface area (Å²) >= 11 is 0. The second-order valence-electron chi connectivity index (χ2n) is 6.59. The highest BCUT2D eigenvalue weighted by Crippen LogP contribution is 2.30. The first-order valence-corrected chi connectivity index (χ1v) is 10.7. The van der Waals surface area contributed by atoms with Gasteiger partial charge in [-0.2, -0.15) is 9.71 Å². The van der Waals surface area contributed by atoms with E-state index in [1.807, 2.05) is 60.7 Å². The van der Waals surface area contributed by atoms with Crippen molar-refractivity contribution in [3.05, 3.63) is 109 Å². The molecule has 0 amide bonds. The topological polar surface area (TPSA) is 85.1 Å². The van der Waals surface area contributed by atoms with Crippen molar-refractivity contribution >= 4 is 15.6 Å². The fourth-order valence-corrected chi connectivity index (χ4v) is 4.23. The van der Waals surface area contributed by atoms with Crippen molar-refractivity contribution in [3.8, 4) is 11.4 Å². The summed E-state index contributed by atoms with van der Waals surface area (Å²) in [5, 5.41) is 4.01. The van der Waals surface area contributed by atoms with Crippen LogP contribution in [0.1, 0.15) is 17.5 Å². The van der Waals surface area contributed by atoms with Gasteiger partial charge in [0.05, 0.1) is 10.9 Å². The molecule has 0 aliphatic heterocycles. The van der Waals surface area contributed by atoms with Crippen LogP contribution in [0.15, 0.2) is 107 Å². The van der Waals surface area contributed by atoms with E-state index in [0.717, 1.165) is 5.56 Å². The highest BCUT2D eigenvalue weighted by Gasteiger charge is 2.27. The predicted molar refractivity (Wildman–Crippen MR) is 115 cm³/mol. The Morgan fingerprint density at radius 1 is 0.867 bits per heavy atom. The molecule has 0 aliphatic carbocycles. The lowest BCUT2D eigenvalue weighted by atomic mass is 10.0. The molecule has 4 aromatic rings. The summed E-state index contributed by atoms with van der Waals surface area (Å²) in [6.45, 7) is 4.06. The average molecular weight is 417 g/mol. The van der Waals surface area contributed by atoms with Gasteiger partial charge in [-0.05, 0) is 17.7 Å². The van der Waals surface area contributed by atoms with Crippen LogP contribution in [0.5, 0.6) is 0 Å². The normalized spacial score (nSPS) is 12.4. The number of sulfonamides is 1. The van der Waals surface area contributed by atoms with Crippen LogP contribution >= 0.6 is 0 Å². The van der Waals surface area contributed by atoms with Crippen molar-refractivity contribution in [2.75, 3.05) is 0 Å². The third-order valence-electron chi connectivity index (χ3n) is 4.54. The molecule has 0 unspecified atom stereocenters. The lowest BCUT2D eigenvalue weighted by Crippen LogP contribution is -2.29. The minimum Gasteiger partial charge on any atom is -0.334 e. The van der Waals surface area contributed by atoms with Crippen LogP contribution in [0.2, 0.25) is 0 Å². The Morgan fingerprint density at radius 3 is 2.07 bits per heavy atom. The molecule has 0 spiro atoms.